The SMILES string of the molecule is CCn1cc(CN(C)C(=O)c2cc(-c3ccco3)[nH]n2)cn1. The number of nitrogens with zero attached hydrogens (tertiary/aromatic N) is 4. The van der Waals surface area contributed by atoms with Crippen LogP contribution in [-0.4, -0.2) is 37.8 Å². The van der Waals surface area contributed by atoms with E-state index in [0.717, 1.165) is 12.1 Å². The zero-order chi connectivity index (χ0) is 15.5. The van der Waals surface area contributed by atoms with Crippen LogP contribution in [0.2, 0.25) is 0 Å². The van der Waals surface area contributed by atoms with Crippen molar-refractivity contribution in [2.75, 3.05) is 7.05 Å². The van der Waals surface area contributed by atoms with E-state index in [2.05, 4.69) is 15.3 Å². The van der Waals surface area contributed by atoms with Gasteiger partial charge in [0.15, 0.2) is 11.5 Å². The second-order valence-corrected chi connectivity index (χ2v) is 5.01. The van der Waals surface area contributed by atoms with Gasteiger partial charge >= 0.3 is 0 Å². The molecule has 0 aliphatic carbocycles. The van der Waals surface area contributed by atoms with Gasteiger partial charge < -0.3 is 9.32 Å². The number of aromatic amines is 1. The van der Waals surface area contributed by atoms with E-state index in [1.165, 1.54) is 0 Å². The van der Waals surface area contributed by atoms with E-state index < -0.39 is 0 Å². The van der Waals surface area contributed by atoms with E-state index in [1.807, 2.05) is 23.9 Å². The normalized spacial score (nSPS) is 10.8. The van der Waals surface area contributed by atoms with Crippen molar-refractivity contribution in [3.63, 3.8) is 0 Å². The molecule has 0 unspecified atom stereocenters. The molecule has 0 radical (unpaired) electrons. The lowest BCUT2D eigenvalue weighted by molar-refractivity contribution is 0.0779. The van der Waals surface area contributed by atoms with Crippen molar-refractivity contribution < 1.29 is 9.21 Å². The van der Waals surface area contributed by atoms with Crippen LogP contribution in [-0.2, 0) is 13.1 Å². The molecule has 114 valence electrons. The first-order valence-corrected chi connectivity index (χ1v) is 7.03. The maximum Gasteiger partial charge on any atom is 0.274 e. The smallest absolute Gasteiger partial charge is 0.274 e. The van der Waals surface area contributed by atoms with Crippen LogP contribution in [0.4, 0.5) is 0 Å². The Labute approximate surface area is 127 Å². The number of aryl methyl sites for hydroxylation is 1. The lowest BCUT2D eigenvalue weighted by Gasteiger charge is -2.14. The lowest BCUT2D eigenvalue weighted by Crippen LogP contribution is -2.26. The van der Waals surface area contributed by atoms with E-state index in [9.17, 15) is 4.79 Å². The average molecular weight is 299 g/mol. The van der Waals surface area contributed by atoms with Gasteiger partial charge in [-0.3, -0.25) is 14.6 Å². The van der Waals surface area contributed by atoms with Crippen molar-refractivity contribution in [1.82, 2.24) is 24.9 Å². The number of furan rings is 1. The van der Waals surface area contributed by atoms with Crippen LogP contribution in [0.5, 0.6) is 0 Å². The van der Waals surface area contributed by atoms with Crippen molar-refractivity contribution >= 4 is 5.91 Å². The van der Waals surface area contributed by atoms with Crippen molar-refractivity contribution in [3.8, 4) is 11.5 Å². The first kappa shape index (κ1) is 14.1. The van der Waals surface area contributed by atoms with Gasteiger partial charge in [-0.2, -0.15) is 10.2 Å². The van der Waals surface area contributed by atoms with Gasteiger partial charge in [-0.1, -0.05) is 0 Å². The number of amides is 1. The highest BCUT2D eigenvalue weighted by atomic mass is 16.3. The number of hydrogen-bond donors (Lipinski definition) is 1. The molecular weight excluding hydrogens is 282 g/mol. The van der Waals surface area contributed by atoms with Crippen molar-refractivity contribution in [2.45, 2.75) is 20.0 Å². The summed E-state index contributed by atoms with van der Waals surface area (Å²) < 4.78 is 7.11. The van der Waals surface area contributed by atoms with Crippen molar-refractivity contribution in [1.29, 1.82) is 0 Å². The number of H-pyrrole nitrogens is 1. The highest BCUT2D eigenvalue weighted by Crippen LogP contribution is 2.18. The Morgan fingerprint density at radius 2 is 2.36 bits per heavy atom. The van der Waals surface area contributed by atoms with Crippen molar-refractivity contribution in [2.24, 2.45) is 0 Å². The average Bonchev–Trinajstić information content (AvgIpc) is 3.26. The van der Waals surface area contributed by atoms with Crippen LogP contribution in [0.15, 0.2) is 41.3 Å². The largest absolute Gasteiger partial charge is 0.463 e. The summed E-state index contributed by atoms with van der Waals surface area (Å²) in [6, 6.07) is 5.28. The maximum atomic E-state index is 12.4. The third-order valence-electron chi connectivity index (χ3n) is 3.36. The summed E-state index contributed by atoms with van der Waals surface area (Å²) in [5.74, 6) is 0.497. The Hall–Kier alpha value is -2.83. The number of aromatic nitrogens is 4. The fraction of sp³-hybridized carbons (Fsp3) is 0.267. The summed E-state index contributed by atoms with van der Waals surface area (Å²) in [5.41, 5.74) is 2.02. The molecule has 3 heterocycles. The summed E-state index contributed by atoms with van der Waals surface area (Å²) in [6.07, 6.45) is 5.28. The predicted octanol–water partition coefficient (Wildman–Crippen LogP) is 2.16. The highest BCUT2D eigenvalue weighted by Gasteiger charge is 2.17. The molecule has 0 bridgehead atoms. The van der Waals surface area contributed by atoms with Crippen LogP contribution >= 0.6 is 0 Å². The molecule has 0 saturated carbocycles. The fourth-order valence-electron chi connectivity index (χ4n) is 2.19. The monoisotopic (exact) mass is 299 g/mol. The molecule has 0 saturated heterocycles. The Bertz CT molecular complexity index is 757. The van der Waals surface area contributed by atoms with Gasteiger partial charge in [-0.05, 0) is 19.1 Å². The van der Waals surface area contributed by atoms with E-state index >= 15 is 0 Å². The first-order valence-electron chi connectivity index (χ1n) is 7.03. The minimum atomic E-state index is -0.154. The molecule has 1 N–H and O–H groups in total. The van der Waals surface area contributed by atoms with E-state index in [4.69, 9.17) is 4.42 Å². The molecule has 0 atom stereocenters. The molecule has 0 fully saturated rings. The first-order chi connectivity index (χ1) is 10.7. The van der Waals surface area contributed by atoms with Gasteiger partial charge in [-0.25, -0.2) is 0 Å². The molecule has 0 aliphatic heterocycles. The van der Waals surface area contributed by atoms with Gasteiger partial charge in [0, 0.05) is 38.0 Å². The van der Waals surface area contributed by atoms with Gasteiger partial charge in [0.25, 0.3) is 5.91 Å². The maximum absolute atomic E-state index is 12.4. The number of carbonyl (C=O) groups is 1. The van der Waals surface area contributed by atoms with Crippen LogP contribution < -0.4 is 0 Å². The highest BCUT2D eigenvalue weighted by molar-refractivity contribution is 5.93. The van der Waals surface area contributed by atoms with Crippen molar-refractivity contribution in [3.05, 3.63) is 48.1 Å². The summed E-state index contributed by atoms with van der Waals surface area (Å²) >= 11 is 0. The molecule has 0 spiro atoms. The Kier molecular flexibility index (Phi) is 3.78. The lowest BCUT2D eigenvalue weighted by atomic mass is 10.2. The number of nitrogens with one attached hydrogen (secondary N) is 1. The van der Waals surface area contributed by atoms with Gasteiger partial charge in [0.05, 0.1) is 12.5 Å². The minimum absolute atomic E-state index is 0.154. The standard InChI is InChI=1S/C15H17N5O2/c1-3-20-10-11(8-16-20)9-19(2)15(21)13-7-12(17-18-13)14-5-4-6-22-14/h4-8,10H,3,9H2,1-2H3,(H,17,18). The number of rotatable bonds is 5. The van der Waals surface area contributed by atoms with Crippen LogP contribution in [0, 0.1) is 0 Å². The molecule has 0 aliphatic rings. The molecule has 1 amide bonds. The van der Waals surface area contributed by atoms with E-state index in [-0.39, 0.29) is 5.91 Å². The third kappa shape index (κ3) is 2.78. The Morgan fingerprint density at radius 1 is 1.50 bits per heavy atom. The Balaban J connectivity index is 1.70. The van der Waals surface area contributed by atoms with Crippen LogP contribution in [0.3, 0.4) is 0 Å². The summed E-state index contributed by atoms with van der Waals surface area (Å²) in [6.45, 7) is 3.32. The minimum Gasteiger partial charge on any atom is -0.463 e. The van der Waals surface area contributed by atoms with E-state index in [1.54, 1.807) is 36.5 Å². The molecule has 22 heavy (non-hydrogen) atoms. The quantitative estimate of drug-likeness (QED) is 0.783. The van der Waals surface area contributed by atoms with Gasteiger partial charge in [0.2, 0.25) is 0 Å². The summed E-state index contributed by atoms with van der Waals surface area (Å²) in [4.78, 5) is 14.0. The summed E-state index contributed by atoms with van der Waals surface area (Å²) in [5, 5.41) is 11.1. The fourth-order valence-corrected chi connectivity index (χ4v) is 2.19. The van der Waals surface area contributed by atoms with E-state index in [0.29, 0.717) is 23.7 Å². The summed E-state index contributed by atoms with van der Waals surface area (Å²) in [7, 11) is 1.74. The molecule has 3 rings (SSSR count). The predicted molar refractivity (Wildman–Crippen MR) is 80.0 cm³/mol. The second kappa shape index (κ2) is 5.88. The number of carbonyl (C=O) groups excluding carboxylic acids is 1. The number of hydrogen-bond acceptors (Lipinski definition) is 4. The van der Waals surface area contributed by atoms with Crippen LogP contribution in [0.1, 0.15) is 23.0 Å². The molecule has 3 aromatic heterocycles. The van der Waals surface area contributed by atoms with Gasteiger partial charge in [0.1, 0.15) is 5.69 Å². The van der Waals surface area contributed by atoms with Gasteiger partial charge in [-0.15, -0.1) is 0 Å². The zero-order valence-corrected chi connectivity index (χ0v) is 12.5. The molecule has 3 aromatic rings. The zero-order valence-electron chi connectivity index (χ0n) is 12.5. The molecule has 7 heteroatoms. The molecular formula is C15H17N5O2. The Morgan fingerprint density at radius 3 is 3.05 bits per heavy atom. The third-order valence-corrected chi connectivity index (χ3v) is 3.36. The van der Waals surface area contributed by atoms with Crippen LogP contribution in [0.25, 0.3) is 11.5 Å². The molecule has 0 aromatic carbocycles. The second-order valence-electron chi connectivity index (χ2n) is 5.01. The topological polar surface area (TPSA) is 80.0 Å². The molecule has 7 nitrogen and oxygen atoms in total.